The SMILES string of the molecule is C[C@@H]1CN(C(=O)c2cc(-c3cc4ccccc4s3)cc(-n3cnnn3)c2)C[C@H](C)O1. The average molecular weight is 420 g/mol. The van der Waals surface area contributed by atoms with Crippen molar-refractivity contribution in [3.63, 3.8) is 0 Å². The normalized spacial score (nSPS) is 19.3. The third-order valence-electron chi connectivity index (χ3n) is 5.20. The standard InChI is InChI=1S/C22H21N5O2S/c1-14-11-26(12-15(2)29-14)22(28)18-7-17(8-19(9-18)27-13-23-24-25-27)21-10-16-5-3-4-6-20(16)30-21/h3-10,13-15H,11-12H2,1-2H3/t14-,15+. The van der Waals surface area contributed by atoms with E-state index in [2.05, 4.69) is 33.7 Å². The summed E-state index contributed by atoms with van der Waals surface area (Å²) in [6.07, 6.45) is 1.57. The van der Waals surface area contributed by atoms with E-state index in [-0.39, 0.29) is 18.1 Å². The average Bonchev–Trinajstić information content (AvgIpc) is 3.42. The Morgan fingerprint density at radius 2 is 1.90 bits per heavy atom. The van der Waals surface area contributed by atoms with Gasteiger partial charge in [0.05, 0.1) is 17.9 Å². The van der Waals surface area contributed by atoms with Gasteiger partial charge in [-0.25, -0.2) is 4.68 Å². The summed E-state index contributed by atoms with van der Waals surface area (Å²) in [7, 11) is 0. The second-order valence-corrected chi connectivity index (χ2v) is 8.72. The summed E-state index contributed by atoms with van der Waals surface area (Å²) in [5.41, 5.74) is 2.35. The molecule has 2 atom stereocenters. The molecule has 0 spiro atoms. The van der Waals surface area contributed by atoms with Gasteiger partial charge in [0.25, 0.3) is 5.91 Å². The number of tetrazole rings is 1. The zero-order chi connectivity index (χ0) is 20.7. The minimum Gasteiger partial charge on any atom is -0.372 e. The molecule has 5 rings (SSSR count). The molecule has 1 fully saturated rings. The maximum Gasteiger partial charge on any atom is 0.254 e. The van der Waals surface area contributed by atoms with Crippen LogP contribution in [0.1, 0.15) is 24.2 Å². The van der Waals surface area contributed by atoms with E-state index in [1.807, 2.05) is 49.1 Å². The van der Waals surface area contributed by atoms with Crippen molar-refractivity contribution in [2.75, 3.05) is 13.1 Å². The zero-order valence-electron chi connectivity index (χ0n) is 16.7. The van der Waals surface area contributed by atoms with Crippen LogP contribution in [0.3, 0.4) is 0 Å². The van der Waals surface area contributed by atoms with E-state index in [9.17, 15) is 4.79 Å². The fourth-order valence-electron chi connectivity index (χ4n) is 3.94. The number of aromatic nitrogens is 4. The highest BCUT2D eigenvalue weighted by molar-refractivity contribution is 7.22. The monoisotopic (exact) mass is 419 g/mol. The number of ether oxygens (including phenoxy) is 1. The molecule has 0 saturated carbocycles. The van der Waals surface area contributed by atoms with E-state index in [4.69, 9.17) is 4.74 Å². The number of carbonyl (C=O) groups is 1. The summed E-state index contributed by atoms with van der Waals surface area (Å²) < 4.78 is 8.58. The molecule has 152 valence electrons. The maximum absolute atomic E-state index is 13.4. The second kappa shape index (κ2) is 7.62. The van der Waals surface area contributed by atoms with Gasteiger partial charge in [-0.1, -0.05) is 18.2 Å². The number of hydrogen-bond acceptors (Lipinski definition) is 6. The Morgan fingerprint density at radius 1 is 1.10 bits per heavy atom. The van der Waals surface area contributed by atoms with Crippen LogP contribution < -0.4 is 0 Å². The lowest BCUT2D eigenvalue weighted by Crippen LogP contribution is -2.48. The van der Waals surface area contributed by atoms with E-state index < -0.39 is 0 Å². The molecule has 30 heavy (non-hydrogen) atoms. The minimum absolute atomic E-state index is 0.00529. The molecule has 0 aliphatic carbocycles. The van der Waals surface area contributed by atoms with Crippen LogP contribution in [0.25, 0.3) is 26.2 Å². The molecule has 1 aliphatic rings. The van der Waals surface area contributed by atoms with Crippen LogP contribution in [-0.2, 0) is 4.74 Å². The number of morpholine rings is 1. The van der Waals surface area contributed by atoms with Gasteiger partial charge in [0.1, 0.15) is 6.33 Å². The molecule has 1 aliphatic heterocycles. The van der Waals surface area contributed by atoms with Crippen LogP contribution >= 0.6 is 11.3 Å². The van der Waals surface area contributed by atoms with Crippen molar-refractivity contribution < 1.29 is 9.53 Å². The van der Waals surface area contributed by atoms with E-state index in [0.717, 1.165) is 16.1 Å². The first-order valence-electron chi connectivity index (χ1n) is 9.89. The fourth-order valence-corrected chi connectivity index (χ4v) is 4.99. The Bertz CT molecular complexity index is 1160. The van der Waals surface area contributed by atoms with Crippen LogP contribution in [0.5, 0.6) is 0 Å². The van der Waals surface area contributed by atoms with Gasteiger partial charge in [-0.3, -0.25) is 4.79 Å². The van der Waals surface area contributed by atoms with Crippen molar-refractivity contribution in [3.05, 3.63) is 60.4 Å². The number of amides is 1. The van der Waals surface area contributed by atoms with Gasteiger partial charge >= 0.3 is 0 Å². The van der Waals surface area contributed by atoms with Gasteiger partial charge in [0.2, 0.25) is 0 Å². The number of thiophene rings is 1. The van der Waals surface area contributed by atoms with E-state index in [0.29, 0.717) is 18.7 Å². The minimum atomic E-state index is -0.00529. The van der Waals surface area contributed by atoms with E-state index in [1.54, 1.807) is 16.0 Å². The topological polar surface area (TPSA) is 73.1 Å². The summed E-state index contributed by atoms with van der Waals surface area (Å²) in [4.78, 5) is 16.3. The van der Waals surface area contributed by atoms with Gasteiger partial charge in [-0.05, 0) is 65.6 Å². The van der Waals surface area contributed by atoms with Gasteiger partial charge in [0, 0.05) is 28.2 Å². The van der Waals surface area contributed by atoms with Crippen molar-refractivity contribution in [3.8, 4) is 16.1 Å². The van der Waals surface area contributed by atoms with Crippen LogP contribution in [0.4, 0.5) is 0 Å². The largest absolute Gasteiger partial charge is 0.372 e. The first kappa shape index (κ1) is 18.9. The Labute approximate surface area is 177 Å². The van der Waals surface area contributed by atoms with E-state index in [1.165, 1.54) is 16.4 Å². The van der Waals surface area contributed by atoms with Gasteiger partial charge in [0.15, 0.2) is 0 Å². The van der Waals surface area contributed by atoms with Crippen molar-refractivity contribution in [1.29, 1.82) is 0 Å². The number of fused-ring (bicyclic) bond motifs is 1. The highest BCUT2D eigenvalue weighted by atomic mass is 32.1. The summed E-state index contributed by atoms with van der Waals surface area (Å²) in [5, 5.41) is 12.7. The van der Waals surface area contributed by atoms with Crippen molar-refractivity contribution >= 4 is 27.3 Å². The summed E-state index contributed by atoms with van der Waals surface area (Å²) in [6, 6.07) is 16.3. The summed E-state index contributed by atoms with van der Waals surface area (Å²) >= 11 is 1.71. The Balaban J connectivity index is 1.59. The number of carbonyl (C=O) groups excluding carboxylic acids is 1. The predicted molar refractivity (Wildman–Crippen MR) is 116 cm³/mol. The first-order chi connectivity index (χ1) is 14.6. The highest BCUT2D eigenvalue weighted by Crippen LogP contribution is 2.35. The molecule has 2 aromatic carbocycles. The van der Waals surface area contributed by atoms with Crippen LogP contribution in [0, 0.1) is 0 Å². The summed E-state index contributed by atoms with van der Waals surface area (Å²) in [6.45, 7) is 5.15. The van der Waals surface area contributed by atoms with Gasteiger partial charge < -0.3 is 9.64 Å². The molecule has 0 unspecified atom stereocenters. The predicted octanol–water partition coefficient (Wildman–Crippen LogP) is 3.79. The first-order valence-corrected chi connectivity index (χ1v) is 10.7. The number of hydrogen-bond donors (Lipinski definition) is 0. The van der Waals surface area contributed by atoms with Crippen LogP contribution in [0.2, 0.25) is 0 Å². The number of benzene rings is 2. The Morgan fingerprint density at radius 3 is 2.63 bits per heavy atom. The van der Waals surface area contributed by atoms with Gasteiger partial charge in [-0.2, -0.15) is 0 Å². The molecule has 1 amide bonds. The van der Waals surface area contributed by atoms with Crippen LogP contribution in [-0.4, -0.2) is 56.3 Å². The third kappa shape index (κ3) is 3.59. The molecule has 0 bridgehead atoms. The molecule has 0 radical (unpaired) electrons. The van der Waals surface area contributed by atoms with Crippen molar-refractivity contribution in [2.24, 2.45) is 0 Å². The van der Waals surface area contributed by atoms with Crippen molar-refractivity contribution in [2.45, 2.75) is 26.1 Å². The molecule has 3 heterocycles. The Hall–Kier alpha value is -3.10. The Kier molecular flexibility index (Phi) is 4.80. The molecule has 7 nitrogen and oxygen atoms in total. The molecule has 0 N–H and O–H groups in total. The highest BCUT2D eigenvalue weighted by Gasteiger charge is 2.27. The zero-order valence-corrected chi connectivity index (χ0v) is 17.5. The molecular formula is C22H21N5O2S. The molecule has 8 heteroatoms. The number of nitrogens with zero attached hydrogens (tertiary/aromatic N) is 5. The third-order valence-corrected chi connectivity index (χ3v) is 6.36. The number of rotatable bonds is 3. The van der Waals surface area contributed by atoms with Crippen molar-refractivity contribution in [1.82, 2.24) is 25.1 Å². The van der Waals surface area contributed by atoms with E-state index >= 15 is 0 Å². The van der Waals surface area contributed by atoms with Gasteiger partial charge in [-0.15, -0.1) is 16.4 Å². The quantitative estimate of drug-likeness (QED) is 0.505. The second-order valence-electron chi connectivity index (χ2n) is 7.64. The molecule has 2 aromatic heterocycles. The molecule has 1 saturated heterocycles. The lowest BCUT2D eigenvalue weighted by atomic mass is 10.1. The lowest BCUT2D eigenvalue weighted by Gasteiger charge is -2.35. The fraction of sp³-hybridized carbons (Fsp3) is 0.273. The lowest BCUT2D eigenvalue weighted by molar-refractivity contribution is -0.0586. The molecular weight excluding hydrogens is 398 g/mol. The smallest absolute Gasteiger partial charge is 0.254 e. The maximum atomic E-state index is 13.4. The summed E-state index contributed by atoms with van der Waals surface area (Å²) in [5.74, 6) is -0.00529. The van der Waals surface area contributed by atoms with Crippen LogP contribution in [0.15, 0.2) is 54.9 Å². The molecule has 4 aromatic rings.